The minimum Gasteiger partial charge on any atom is -0.326 e. The van der Waals surface area contributed by atoms with Crippen molar-refractivity contribution in [1.29, 1.82) is 5.26 Å². The first-order valence-corrected chi connectivity index (χ1v) is 6.91. The number of carbonyl (C=O) groups is 1. The predicted octanol–water partition coefficient (Wildman–Crippen LogP) is 2.72. The molecule has 0 spiro atoms. The average molecular weight is 234 g/mol. The summed E-state index contributed by atoms with van der Waals surface area (Å²) in [5.41, 5.74) is 0. The van der Waals surface area contributed by atoms with E-state index in [1.165, 1.54) is 25.7 Å². The van der Waals surface area contributed by atoms with E-state index in [-0.39, 0.29) is 18.4 Å². The maximum absolute atomic E-state index is 12.5. The first kappa shape index (κ1) is 12.4. The van der Waals surface area contributed by atoms with Crippen LogP contribution in [0.5, 0.6) is 0 Å². The van der Waals surface area contributed by atoms with E-state index in [1.54, 1.807) is 0 Å². The topological polar surface area (TPSA) is 44.1 Å². The van der Waals surface area contributed by atoms with Crippen molar-refractivity contribution in [2.24, 2.45) is 11.8 Å². The van der Waals surface area contributed by atoms with Gasteiger partial charge in [0.1, 0.15) is 6.54 Å². The van der Waals surface area contributed by atoms with Gasteiger partial charge in [-0.1, -0.05) is 26.2 Å². The third-order valence-corrected chi connectivity index (χ3v) is 4.47. The van der Waals surface area contributed by atoms with Gasteiger partial charge in [-0.2, -0.15) is 5.26 Å². The van der Waals surface area contributed by atoms with Crippen LogP contribution in [0.2, 0.25) is 0 Å². The van der Waals surface area contributed by atoms with Crippen molar-refractivity contribution in [2.75, 3.05) is 6.54 Å². The molecule has 0 saturated heterocycles. The van der Waals surface area contributed by atoms with Crippen LogP contribution in [0.15, 0.2) is 0 Å². The Morgan fingerprint density at radius 2 is 1.94 bits per heavy atom. The van der Waals surface area contributed by atoms with Crippen molar-refractivity contribution in [3.05, 3.63) is 0 Å². The lowest BCUT2D eigenvalue weighted by molar-refractivity contribution is -0.138. The molecule has 2 saturated carbocycles. The van der Waals surface area contributed by atoms with Crippen molar-refractivity contribution in [2.45, 2.75) is 57.9 Å². The molecule has 2 fully saturated rings. The molecule has 0 aromatic heterocycles. The fourth-order valence-electron chi connectivity index (χ4n) is 3.40. The second kappa shape index (κ2) is 5.53. The molecule has 2 unspecified atom stereocenters. The van der Waals surface area contributed by atoms with Crippen LogP contribution in [-0.4, -0.2) is 23.4 Å². The van der Waals surface area contributed by atoms with Gasteiger partial charge in [-0.3, -0.25) is 4.79 Å². The summed E-state index contributed by atoms with van der Waals surface area (Å²) in [7, 11) is 0. The molecule has 2 aliphatic carbocycles. The highest BCUT2D eigenvalue weighted by Crippen LogP contribution is 2.34. The summed E-state index contributed by atoms with van der Waals surface area (Å²) in [6.45, 7) is 2.46. The Bertz CT molecular complexity index is 315. The van der Waals surface area contributed by atoms with Gasteiger partial charge in [-0.15, -0.1) is 0 Å². The van der Waals surface area contributed by atoms with Gasteiger partial charge >= 0.3 is 0 Å². The van der Waals surface area contributed by atoms with E-state index >= 15 is 0 Å². The molecule has 3 heteroatoms. The second-order valence-electron chi connectivity index (χ2n) is 5.58. The smallest absolute Gasteiger partial charge is 0.227 e. The first-order chi connectivity index (χ1) is 8.24. The van der Waals surface area contributed by atoms with Crippen LogP contribution in [0.3, 0.4) is 0 Å². The van der Waals surface area contributed by atoms with Gasteiger partial charge in [0.15, 0.2) is 0 Å². The lowest BCUT2D eigenvalue weighted by atomic mass is 9.95. The van der Waals surface area contributed by atoms with Crippen LogP contribution in [0, 0.1) is 23.2 Å². The molecule has 17 heavy (non-hydrogen) atoms. The molecular formula is C14H22N2O. The van der Waals surface area contributed by atoms with Crippen LogP contribution in [0.4, 0.5) is 0 Å². The molecule has 0 aromatic carbocycles. The highest BCUT2D eigenvalue weighted by atomic mass is 16.2. The number of rotatable bonds is 3. The summed E-state index contributed by atoms with van der Waals surface area (Å²) in [4.78, 5) is 14.4. The van der Waals surface area contributed by atoms with Crippen LogP contribution >= 0.6 is 0 Å². The molecule has 3 nitrogen and oxygen atoms in total. The van der Waals surface area contributed by atoms with E-state index in [1.807, 2.05) is 4.90 Å². The number of hydrogen-bond donors (Lipinski definition) is 0. The fraction of sp³-hybridized carbons (Fsp3) is 0.857. The third kappa shape index (κ3) is 2.62. The van der Waals surface area contributed by atoms with Gasteiger partial charge in [-0.05, 0) is 31.6 Å². The lowest BCUT2D eigenvalue weighted by Gasteiger charge is -2.30. The average Bonchev–Trinajstić information content (AvgIpc) is 2.95. The zero-order chi connectivity index (χ0) is 12.3. The monoisotopic (exact) mass is 234 g/mol. The van der Waals surface area contributed by atoms with E-state index in [9.17, 15) is 4.79 Å². The van der Waals surface area contributed by atoms with Crippen molar-refractivity contribution in [3.8, 4) is 6.07 Å². The van der Waals surface area contributed by atoms with Crippen LogP contribution < -0.4 is 0 Å². The minimum absolute atomic E-state index is 0.184. The molecule has 0 aromatic rings. The molecular weight excluding hydrogens is 212 g/mol. The summed E-state index contributed by atoms with van der Waals surface area (Å²) in [6.07, 6.45) is 7.96. The normalized spacial score (nSPS) is 29.2. The van der Waals surface area contributed by atoms with Crippen molar-refractivity contribution in [3.63, 3.8) is 0 Å². The van der Waals surface area contributed by atoms with Crippen molar-refractivity contribution >= 4 is 5.91 Å². The van der Waals surface area contributed by atoms with Gasteiger partial charge < -0.3 is 4.90 Å². The predicted molar refractivity (Wildman–Crippen MR) is 66.1 cm³/mol. The Labute approximate surface area is 104 Å². The molecule has 0 radical (unpaired) electrons. The van der Waals surface area contributed by atoms with Crippen molar-refractivity contribution < 1.29 is 4.79 Å². The van der Waals surface area contributed by atoms with E-state index in [0.717, 1.165) is 19.3 Å². The fourth-order valence-corrected chi connectivity index (χ4v) is 3.40. The van der Waals surface area contributed by atoms with Gasteiger partial charge in [0.25, 0.3) is 0 Å². The van der Waals surface area contributed by atoms with Crippen LogP contribution in [-0.2, 0) is 4.79 Å². The lowest BCUT2D eigenvalue weighted by Crippen LogP contribution is -2.43. The van der Waals surface area contributed by atoms with E-state index in [2.05, 4.69) is 13.0 Å². The molecule has 1 amide bonds. The standard InChI is InChI=1S/C14H22N2O/c1-11-5-4-8-13(11)14(17)16(10-9-15)12-6-2-3-7-12/h11-13H,2-8,10H2,1H3. The summed E-state index contributed by atoms with van der Waals surface area (Å²) < 4.78 is 0. The van der Waals surface area contributed by atoms with Crippen LogP contribution in [0.25, 0.3) is 0 Å². The minimum atomic E-state index is 0.184. The number of carbonyl (C=O) groups excluding carboxylic acids is 1. The number of hydrogen-bond acceptors (Lipinski definition) is 2. The van der Waals surface area contributed by atoms with Gasteiger partial charge in [0.2, 0.25) is 5.91 Å². The van der Waals surface area contributed by atoms with Gasteiger partial charge in [0.05, 0.1) is 6.07 Å². The van der Waals surface area contributed by atoms with E-state index < -0.39 is 0 Å². The maximum Gasteiger partial charge on any atom is 0.227 e. The van der Waals surface area contributed by atoms with Gasteiger partial charge in [0, 0.05) is 12.0 Å². The Kier molecular flexibility index (Phi) is 4.04. The summed E-state index contributed by atoms with van der Waals surface area (Å²) in [5.74, 6) is 0.942. The molecule has 2 rings (SSSR count). The maximum atomic E-state index is 12.5. The quantitative estimate of drug-likeness (QED) is 0.705. The SMILES string of the molecule is CC1CCCC1C(=O)N(CC#N)C1CCCC1. The second-order valence-corrected chi connectivity index (χ2v) is 5.58. The van der Waals surface area contributed by atoms with Crippen LogP contribution in [0.1, 0.15) is 51.9 Å². The Balaban J connectivity index is 2.04. The number of amides is 1. The molecule has 0 heterocycles. The highest BCUT2D eigenvalue weighted by molar-refractivity contribution is 5.80. The van der Waals surface area contributed by atoms with E-state index in [0.29, 0.717) is 12.0 Å². The summed E-state index contributed by atoms with van der Waals surface area (Å²) in [5, 5.41) is 8.91. The van der Waals surface area contributed by atoms with Gasteiger partial charge in [-0.25, -0.2) is 0 Å². The largest absolute Gasteiger partial charge is 0.326 e. The Morgan fingerprint density at radius 1 is 1.24 bits per heavy atom. The summed E-state index contributed by atoms with van der Waals surface area (Å²) >= 11 is 0. The zero-order valence-electron chi connectivity index (χ0n) is 10.7. The first-order valence-electron chi connectivity index (χ1n) is 6.91. The molecule has 0 N–H and O–H groups in total. The van der Waals surface area contributed by atoms with E-state index in [4.69, 9.17) is 5.26 Å². The Hall–Kier alpha value is -1.04. The molecule has 94 valence electrons. The Morgan fingerprint density at radius 3 is 2.47 bits per heavy atom. The molecule has 2 atom stereocenters. The third-order valence-electron chi connectivity index (χ3n) is 4.47. The molecule has 0 aliphatic heterocycles. The molecule has 0 bridgehead atoms. The number of nitrogens with zero attached hydrogens (tertiary/aromatic N) is 2. The van der Waals surface area contributed by atoms with Crippen molar-refractivity contribution in [1.82, 2.24) is 4.90 Å². The highest BCUT2D eigenvalue weighted by Gasteiger charge is 2.36. The molecule has 2 aliphatic rings. The number of nitriles is 1. The summed E-state index contributed by atoms with van der Waals surface area (Å²) in [6, 6.07) is 2.51. The zero-order valence-corrected chi connectivity index (χ0v) is 10.7.